The van der Waals surface area contributed by atoms with Crippen molar-refractivity contribution in [2.75, 3.05) is 41.0 Å². The van der Waals surface area contributed by atoms with Crippen molar-refractivity contribution in [3.63, 3.8) is 0 Å². The van der Waals surface area contributed by atoms with Gasteiger partial charge in [0.2, 0.25) is 5.91 Å². The molecule has 0 spiro atoms. The third kappa shape index (κ3) is 6.66. The van der Waals surface area contributed by atoms with Gasteiger partial charge in [-0.1, -0.05) is 26.0 Å². The van der Waals surface area contributed by atoms with Crippen LogP contribution in [-0.4, -0.2) is 51.8 Å². The molecule has 0 fully saturated rings. The van der Waals surface area contributed by atoms with Gasteiger partial charge in [-0.15, -0.1) is 0 Å². The van der Waals surface area contributed by atoms with Crippen molar-refractivity contribution in [2.24, 2.45) is 0 Å². The van der Waals surface area contributed by atoms with Crippen LogP contribution < -0.4 is 19.5 Å². The lowest BCUT2D eigenvalue weighted by atomic mass is 10.0. The monoisotopic (exact) mass is 414 g/mol. The summed E-state index contributed by atoms with van der Waals surface area (Å²) in [5, 5.41) is 3.11. The highest BCUT2D eigenvalue weighted by Crippen LogP contribution is 2.25. The predicted molar refractivity (Wildman–Crippen MR) is 120 cm³/mol. The molecule has 0 aliphatic rings. The molecule has 0 radical (unpaired) electrons. The molecule has 164 valence electrons. The van der Waals surface area contributed by atoms with Crippen molar-refractivity contribution in [1.29, 1.82) is 0 Å². The summed E-state index contributed by atoms with van der Waals surface area (Å²) in [4.78, 5) is 14.9. The van der Waals surface area contributed by atoms with Gasteiger partial charge in [-0.3, -0.25) is 9.69 Å². The van der Waals surface area contributed by atoms with Crippen LogP contribution in [0.1, 0.15) is 37.4 Å². The Hall–Kier alpha value is -2.73. The molecule has 2 rings (SSSR count). The first kappa shape index (κ1) is 23.5. The summed E-state index contributed by atoms with van der Waals surface area (Å²) in [5.74, 6) is 2.30. The third-order valence-corrected chi connectivity index (χ3v) is 5.28. The number of likely N-dealkylation sites (N-methyl/N-ethyl adjacent to an activating group) is 1. The Morgan fingerprint density at radius 3 is 2.13 bits per heavy atom. The molecule has 1 unspecified atom stereocenters. The van der Waals surface area contributed by atoms with Crippen molar-refractivity contribution < 1.29 is 19.0 Å². The molecule has 0 heterocycles. The summed E-state index contributed by atoms with van der Waals surface area (Å²) < 4.78 is 16.0. The Bertz CT molecular complexity index is 783. The number of hydrogen-bond acceptors (Lipinski definition) is 5. The van der Waals surface area contributed by atoms with Crippen LogP contribution in [0.15, 0.2) is 42.5 Å². The van der Waals surface area contributed by atoms with E-state index in [1.165, 1.54) is 0 Å². The number of nitrogens with zero attached hydrogens (tertiary/aromatic N) is 1. The molecule has 1 amide bonds. The van der Waals surface area contributed by atoms with Crippen LogP contribution in [0.3, 0.4) is 0 Å². The quantitative estimate of drug-likeness (QED) is 0.572. The van der Waals surface area contributed by atoms with Gasteiger partial charge in [0.25, 0.3) is 0 Å². The van der Waals surface area contributed by atoms with Gasteiger partial charge < -0.3 is 19.5 Å². The van der Waals surface area contributed by atoms with Crippen molar-refractivity contribution in [3.05, 3.63) is 53.6 Å². The van der Waals surface area contributed by atoms with Gasteiger partial charge in [0.1, 0.15) is 17.2 Å². The van der Waals surface area contributed by atoms with E-state index in [1.807, 2.05) is 36.4 Å². The third-order valence-electron chi connectivity index (χ3n) is 5.28. The highest BCUT2D eigenvalue weighted by atomic mass is 16.5. The molecular weight excluding hydrogens is 380 g/mol. The van der Waals surface area contributed by atoms with Gasteiger partial charge >= 0.3 is 0 Å². The summed E-state index contributed by atoms with van der Waals surface area (Å²) in [7, 11) is 4.91. The fourth-order valence-corrected chi connectivity index (χ4v) is 3.54. The van der Waals surface area contributed by atoms with E-state index in [0.717, 1.165) is 41.5 Å². The first-order valence-corrected chi connectivity index (χ1v) is 10.4. The molecule has 0 saturated heterocycles. The molecule has 1 N–H and O–H groups in total. The van der Waals surface area contributed by atoms with E-state index < -0.39 is 0 Å². The lowest BCUT2D eigenvalue weighted by Crippen LogP contribution is -2.38. The van der Waals surface area contributed by atoms with Crippen LogP contribution in [0.2, 0.25) is 0 Å². The number of nitrogens with one attached hydrogen (secondary N) is 1. The van der Waals surface area contributed by atoms with Crippen LogP contribution in [0, 0.1) is 0 Å². The summed E-state index contributed by atoms with van der Waals surface area (Å²) in [5.41, 5.74) is 2.14. The standard InChI is InChI=1S/C24H34N2O4/c1-6-26(7-2)23(19-9-8-10-20(15-19)28-3)17-25-24(27)12-11-18-13-21(29-4)16-22(14-18)30-5/h8-10,13-16,23H,6-7,11-12,17H2,1-5H3,(H,25,27). The van der Waals surface area contributed by atoms with Crippen molar-refractivity contribution in [2.45, 2.75) is 32.7 Å². The number of aryl methyl sites for hydroxylation is 1. The Morgan fingerprint density at radius 2 is 1.57 bits per heavy atom. The lowest BCUT2D eigenvalue weighted by Gasteiger charge is -2.30. The minimum atomic E-state index is 0.0249. The summed E-state index contributed by atoms with van der Waals surface area (Å²) >= 11 is 0. The normalized spacial score (nSPS) is 11.8. The first-order valence-electron chi connectivity index (χ1n) is 10.4. The number of ether oxygens (including phenoxy) is 3. The van der Waals surface area contributed by atoms with Crippen molar-refractivity contribution in [3.8, 4) is 17.2 Å². The maximum Gasteiger partial charge on any atom is 0.220 e. The number of hydrogen-bond donors (Lipinski definition) is 1. The zero-order valence-electron chi connectivity index (χ0n) is 18.7. The molecule has 6 heteroatoms. The molecule has 2 aromatic carbocycles. The molecule has 30 heavy (non-hydrogen) atoms. The molecule has 0 saturated carbocycles. The van der Waals surface area contributed by atoms with Gasteiger partial charge in [0.15, 0.2) is 0 Å². The second-order valence-corrected chi connectivity index (χ2v) is 7.04. The van der Waals surface area contributed by atoms with Gasteiger partial charge in [0.05, 0.1) is 27.4 Å². The number of benzene rings is 2. The van der Waals surface area contributed by atoms with Crippen LogP contribution in [0.25, 0.3) is 0 Å². The van der Waals surface area contributed by atoms with E-state index in [0.29, 0.717) is 19.4 Å². The molecule has 6 nitrogen and oxygen atoms in total. The highest BCUT2D eigenvalue weighted by molar-refractivity contribution is 5.76. The lowest BCUT2D eigenvalue weighted by molar-refractivity contribution is -0.121. The average Bonchev–Trinajstić information content (AvgIpc) is 2.80. The molecular formula is C24H34N2O4. The second-order valence-electron chi connectivity index (χ2n) is 7.04. The number of amides is 1. The maximum absolute atomic E-state index is 12.6. The number of carbonyl (C=O) groups excluding carboxylic acids is 1. The fraction of sp³-hybridized carbons (Fsp3) is 0.458. The summed E-state index contributed by atoms with van der Waals surface area (Å²) in [6, 6.07) is 13.8. The minimum Gasteiger partial charge on any atom is -0.497 e. The molecule has 1 atom stereocenters. The number of carbonyl (C=O) groups is 1. The SMILES string of the molecule is CCN(CC)C(CNC(=O)CCc1cc(OC)cc(OC)c1)c1cccc(OC)c1. The van der Waals surface area contributed by atoms with E-state index in [4.69, 9.17) is 14.2 Å². The smallest absolute Gasteiger partial charge is 0.220 e. The van der Waals surface area contributed by atoms with E-state index in [2.05, 4.69) is 30.1 Å². The number of methoxy groups -OCH3 is 3. The van der Waals surface area contributed by atoms with E-state index in [9.17, 15) is 4.79 Å². The Morgan fingerprint density at radius 1 is 0.933 bits per heavy atom. The van der Waals surface area contributed by atoms with Gasteiger partial charge in [0, 0.05) is 19.0 Å². The number of rotatable bonds is 12. The molecule has 2 aromatic rings. The minimum absolute atomic E-state index is 0.0249. The zero-order valence-corrected chi connectivity index (χ0v) is 18.7. The van der Waals surface area contributed by atoms with Gasteiger partial charge in [-0.05, 0) is 54.9 Å². The summed E-state index contributed by atoms with van der Waals surface area (Å²) in [6.07, 6.45) is 1.02. The predicted octanol–water partition coefficient (Wildman–Crippen LogP) is 3.84. The van der Waals surface area contributed by atoms with Crippen molar-refractivity contribution in [1.82, 2.24) is 10.2 Å². The Labute approximate surface area is 180 Å². The van der Waals surface area contributed by atoms with Crippen LogP contribution >= 0.6 is 0 Å². The average molecular weight is 415 g/mol. The van der Waals surface area contributed by atoms with Crippen LogP contribution in [0.4, 0.5) is 0 Å². The maximum atomic E-state index is 12.6. The van der Waals surface area contributed by atoms with E-state index in [1.54, 1.807) is 21.3 Å². The van der Waals surface area contributed by atoms with Gasteiger partial charge in [-0.25, -0.2) is 0 Å². The molecule has 0 bridgehead atoms. The molecule has 0 aromatic heterocycles. The van der Waals surface area contributed by atoms with E-state index >= 15 is 0 Å². The highest BCUT2D eigenvalue weighted by Gasteiger charge is 2.19. The Balaban J connectivity index is 2.01. The molecule has 0 aliphatic heterocycles. The Kier molecular flexibility index (Phi) is 9.48. The van der Waals surface area contributed by atoms with Crippen LogP contribution in [0.5, 0.6) is 17.2 Å². The first-order chi connectivity index (χ1) is 14.5. The largest absolute Gasteiger partial charge is 0.497 e. The zero-order chi connectivity index (χ0) is 21.9. The topological polar surface area (TPSA) is 60.0 Å². The molecule has 0 aliphatic carbocycles. The van der Waals surface area contributed by atoms with E-state index in [-0.39, 0.29) is 11.9 Å². The van der Waals surface area contributed by atoms with Crippen molar-refractivity contribution >= 4 is 5.91 Å². The van der Waals surface area contributed by atoms with Crippen LogP contribution in [-0.2, 0) is 11.2 Å². The van der Waals surface area contributed by atoms with Gasteiger partial charge in [-0.2, -0.15) is 0 Å². The summed E-state index contributed by atoms with van der Waals surface area (Å²) in [6.45, 7) is 6.62. The fourth-order valence-electron chi connectivity index (χ4n) is 3.54. The second kappa shape index (κ2) is 12.1.